The van der Waals surface area contributed by atoms with E-state index in [2.05, 4.69) is 25.6 Å². The van der Waals surface area contributed by atoms with Gasteiger partial charge >= 0.3 is 5.63 Å². The van der Waals surface area contributed by atoms with Crippen LogP contribution in [0, 0.1) is 0 Å². The van der Waals surface area contributed by atoms with Crippen LogP contribution in [0.15, 0.2) is 88.4 Å². The quantitative estimate of drug-likeness (QED) is 0.484. The highest BCUT2D eigenvalue weighted by Crippen LogP contribution is 2.22. The van der Waals surface area contributed by atoms with E-state index < -0.39 is 5.63 Å². The lowest BCUT2D eigenvalue weighted by Crippen LogP contribution is -2.12. The van der Waals surface area contributed by atoms with E-state index in [0.717, 1.165) is 11.8 Å². The summed E-state index contributed by atoms with van der Waals surface area (Å²) in [5.74, 6) is 0.177. The van der Waals surface area contributed by atoms with Crippen LogP contribution in [0.5, 0.6) is 0 Å². The molecule has 150 valence electrons. The number of carbonyl (C=O) groups excluding carboxylic acids is 1. The number of aromatic nitrogens is 5. The van der Waals surface area contributed by atoms with E-state index in [1.165, 1.54) is 12.1 Å². The van der Waals surface area contributed by atoms with Crippen molar-refractivity contribution in [3.63, 3.8) is 0 Å². The largest absolute Gasteiger partial charge is 0.430 e. The van der Waals surface area contributed by atoms with Gasteiger partial charge in [-0.05, 0) is 42.5 Å². The monoisotopic (exact) mass is 410 g/mol. The van der Waals surface area contributed by atoms with E-state index >= 15 is 0 Å². The molecule has 1 amide bonds. The number of nitrogens with one attached hydrogen (secondary N) is 1. The van der Waals surface area contributed by atoms with Gasteiger partial charge in [0.25, 0.3) is 5.91 Å². The maximum atomic E-state index is 12.3. The molecule has 0 atom stereocenters. The topological polar surface area (TPSA) is 115 Å². The Balaban J connectivity index is 1.41. The average molecular weight is 410 g/mol. The number of hydrogen-bond donors (Lipinski definition) is 1. The fraction of sp³-hybridized carbons (Fsp3) is 0. The van der Waals surface area contributed by atoms with Crippen molar-refractivity contribution in [3.05, 3.63) is 95.2 Å². The molecule has 9 nitrogen and oxygen atoms in total. The standard InChI is InChI=1S/C22H14N6O3/c29-20-11-6-15(13-31-20)22(30)24-16-7-4-14(5-8-16)17-9-10-19-25-26-21(28(19)27-17)18-3-1-2-12-23-18/h1-13H,(H,24,30). The third-order valence-corrected chi connectivity index (χ3v) is 4.56. The van der Waals surface area contributed by atoms with Gasteiger partial charge in [0.05, 0.1) is 11.3 Å². The molecule has 5 aromatic rings. The van der Waals surface area contributed by atoms with E-state index in [1.54, 1.807) is 22.8 Å². The molecular weight excluding hydrogens is 396 g/mol. The van der Waals surface area contributed by atoms with Crippen molar-refractivity contribution < 1.29 is 9.21 Å². The molecule has 31 heavy (non-hydrogen) atoms. The normalized spacial score (nSPS) is 10.8. The molecule has 0 radical (unpaired) electrons. The van der Waals surface area contributed by atoms with Crippen LogP contribution < -0.4 is 10.9 Å². The predicted molar refractivity (Wildman–Crippen MR) is 112 cm³/mol. The highest BCUT2D eigenvalue weighted by Gasteiger charge is 2.12. The number of carbonyl (C=O) groups is 1. The molecule has 0 saturated heterocycles. The molecule has 0 spiro atoms. The lowest BCUT2D eigenvalue weighted by molar-refractivity contribution is 0.102. The molecule has 0 aliphatic carbocycles. The first-order chi connectivity index (χ1) is 15.2. The predicted octanol–water partition coefficient (Wildman–Crippen LogP) is 3.06. The van der Waals surface area contributed by atoms with Crippen LogP contribution in [0.3, 0.4) is 0 Å². The second-order valence-electron chi connectivity index (χ2n) is 6.60. The minimum atomic E-state index is -0.510. The summed E-state index contributed by atoms with van der Waals surface area (Å²) in [6, 6.07) is 19.1. The van der Waals surface area contributed by atoms with Gasteiger partial charge in [0.1, 0.15) is 12.0 Å². The van der Waals surface area contributed by atoms with Gasteiger partial charge in [-0.3, -0.25) is 9.78 Å². The maximum Gasteiger partial charge on any atom is 0.335 e. The highest BCUT2D eigenvalue weighted by molar-refractivity contribution is 6.04. The van der Waals surface area contributed by atoms with Crippen molar-refractivity contribution in [1.29, 1.82) is 0 Å². The van der Waals surface area contributed by atoms with Crippen molar-refractivity contribution in [2.45, 2.75) is 0 Å². The Labute approximate surface area is 175 Å². The lowest BCUT2D eigenvalue weighted by Gasteiger charge is -2.07. The molecule has 5 rings (SSSR count). The molecule has 0 fully saturated rings. The van der Waals surface area contributed by atoms with Crippen LogP contribution in [0.4, 0.5) is 5.69 Å². The summed E-state index contributed by atoms with van der Waals surface area (Å²) < 4.78 is 6.37. The van der Waals surface area contributed by atoms with E-state index in [9.17, 15) is 9.59 Å². The zero-order valence-corrected chi connectivity index (χ0v) is 16.0. The zero-order chi connectivity index (χ0) is 21.2. The molecule has 1 aromatic carbocycles. The van der Waals surface area contributed by atoms with Crippen LogP contribution in [0.25, 0.3) is 28.4 Å². The first kappa shape index (κ1) is 18.4. The lowest BCUT2D eigenvalue weighted by atomic mass is 10.1. The first-order valence-electron chi connectivity index (χ1n) is 9.32. The molecule has 0 bridgehead atoms. The van der Waals surface area contributed by atoms with E-state index in [-0.39, 0.29) is 11.5 Å². The Morgan fingerprint density at radius 2 is 1.77 bits per heavy atom. The highest BCUT2D eigenvalue weighted by atomic mass is 16.4. The summed E-state index contributed by atoms with van der Waals surface area (Å²) in [7, 11) is 0. The summed E-state index contributed by atoms with van der Waals surface area (Å²) in [5, 5.41) is 15.7. The number of anilines is 1. The number of nitrogens with zero attached hydrogens (tertiary/aromatic N) is 5. The summed E-state index contributed by atoms with van der Waals surface area (Å²) in [6.07, 6.45) is 2.82. The number of amides is 1. The van der Waals surface area contributed by atoms with E-state index in [0.29, 0.717) is 28.5 Å². The number of pyridine rings is 1. The minimum absolute atomic E-state index is 0.255. The third-order valence-electron chi connectivity index (χ3n) is 4.56. The number of hydrogen-bond acceptors (Lipinski definition) is 7. The van der Waals surface area contributed by atoms with Crippen molar-refractivity contribution in [1.82, 2.24) is 24.8 Å². The Hall–Kier alpha value is -4.66. The van der Waals surface area contributed by atoms with Gasteiger partial charge < -0.3 is 9.73 Å². The third kappa shape index (κ3) is 3.67. The summed E-state index contributed by atoms with van der Waals surface area (Å²) in [4.78, 5) is 27.6. The van der Waals surface area contributed by atoms with Gasteiger partial charge in [0.2, 0.25) is 5.82 Å². The van der Waals surface area contributed by atoms with Crippen LogP contribution >= 0.6 is 0 Å². The smallest absolute Gasteiger partial charge is 0.335 e. The molecule has 1 N–H and O–H groups in total. The van der Waals surface area contributed by atoms with Gasteiger partial charge in [0.15, 0.2) is 5.65 Å². The molecule has 0 unspecified atom stereocenters. The fourth-order valence-electron chi connectivity index (χ4n) is 3.01. The summed E-state index contributed by atoms with van der Waals surface area (Å²) in [5.41, 5.74) is 3.20. The summed E-state index contributed by atoms with van der Waals surface area (Å²) in [6.45, 7) is 0. The molecule has 0 saturated carbocycles. The SMILES string of the molecule is O=C(Nc1ccc(-c2ccc3nnc(-c4ccccn4)n3n2)cc1)c1ccc(=O)oc1. The number of rotatable bonds is 4. The van der Waals surface area contributed by atoms with Crippen molar-refractivity contribution >= 4 is 17.2 Å². The second-order valence-corrected chi connectivity index (χ2v) is 6.60. The Morgan fingerprint density at radius 3 is 2.52 bits per heavy atom. The van der Waals surface area contributed by atoms with Crippen molar-refractivity contribution in [2.24, 2.45) is 0 Å². The first-order valence-corrected chi connectivity index (χ1v) is 9.32. The average Bonchev–Trinajstić information content (AvgIpc) is 3.24. The molecule has 0 aliphatic rings. The van der Waals surface area contributed by atoms with Crippen LogP contribution in [-0.2, 0) is 0 Å². The molecule has 0 aliphatic heterocycles. The van der Waals surface area contributed by atoms with Gasteiger partial charge in [-0.1, -0.05) is 18.2 Å². The Kier molecular flexibility index (Phi) is 4.53. The van der Waals surface area contributed by atoms with Crippen LogP contribution in [0.2, 0.25) is 0 Å². The van der Waals surface area contributed by atoms with Crippen LogP contribution in [0.1, 0.15) is 10.4 Å². The number of fused-ring (bicyclic) bond motifs is 1. The van der Waals surface area contributed by atoms with Gasteiger partial charge in [-0.15, -0.1) is 10.2 Å². The second kappa shape index (κ2) is 7.64. The molecule has 9 heteroatoms. The summed E-state index contributed by atoms with van der Waals surface area (Å²) >= 11 is 0. The Morgan fingerprint density at radius 1 is 0.903 bits per heavy atom. The number of benzene rings is 1. The fourth-order valence-corrected chi connectivity index (χ4v) is 3.01. The maximum absolute atomic E-state index is 12.3. The van der Waals surface area contributed by atoms with E-state index in [4.69, 9.17) is 4.42 Å². The van der Waals surface area contributed by atoms with Crippen molar-refractivity contribution in [3.8, 4) is 22.8 Å². The zero-order valence-electron chi connectivity index (χ0n) is 16.0. The van der Waals surface area contributed by atoms with Crippen molar-refractivity contribution in [2.75, 3.05) is 5.32 Å². The van der Waals surface area contributed by atoms with E-state index in [1.807, 2.05) is 42.5 Å². The molecule has 4 heterocycles. The minimum Gasteiger partial charge on any atom is -0.430 e. The van der Waals surface area contributed by atoms with Crippen LogP contribution in [-0.4, -0.2) is 30.7 Å². The molecular formula is C22H14N6O3. The molecule has 4 aromatic heterocycles. The van der Waals surface area contributed by atoms with Gasteiger partial charge in [-0.2, -0.15) is 9.61 Å². The van der Waals surface area contributed by atoms with Gasteiger partial charge in [-0.25, -0.2) is 4.79 Å². The van der Waals surface area contributed by atoms with Gasteiger partial charge in [0, 0.05) is 23.5 Å². The Bertz CT molecular complexity index is 1420.